The molecule has 0 saturated heterocycles. The third-order valence-corrected chi connectivity index (χ3v) is 5.12. The van der Waals surface area contributed by atoms with E-state index >= 15 is 0 Å². The van der Waals surface area contributed by atoms with Crippen LogP contribution in [0.25, 0.3) is 11.1 Å². The summed E-state index contributed by atoms with van der Waals surface area (Å²) in [7, 11) is 0. The molecule has 0 aliphatic rings. The Balaban J connectivity index is 1.71. The number of benzene rings is 3. The molecule has 0 aliphatic heterocycles. The number of esters is 1. The predicted molar refractivity (Wildman–Crippen MR) is 121 cm³/mol. The summed E-state index contributed by atoms with van der Waals surface area (Å²) in [5.41, 5.74) is 3.75. The van der Waals surface area contributed by atoms with Crippen molar-refractivity contribution >= 4 is 23.5 Å². The molecule has 0 spiro atoms. The van der Waals surface area contributed by atoms with Crippen molar-refractivity contribution in [1.82, 2.24) is 5.32 Å². The van der Waals surface area contributed by atoms with Crippen LogP contribution in [-0.2, 0) is 27.4 Å². The number of carbonyl (C=O) groups excluding carboxylic acids is 1. The number of hydrogen-bond acceptors (Lipinski definition) is 4. The number of halogens is 1. The first-order valence-electron chi connectivity index (χ1n) is 9.96. The van der Waals surface area contributed by atoms with Gasteiger partial charge in [-0.3, -0.25) is 14.9 Å². The standard InChI is InChI=1S/C25H24ClNO4/c1-17(24(28)29)27-23(25(30)31-16-19-6-3-2-4-7-19)14-18-10-12-20(13-11-18)21-8-5-9-22(26)15-21/h2-13,15,17,23,27H,14,16H2,1H3,(H,28,29)/t17-,23-/m0/s1. The van der Waals surface area contributed by atoms with Gasteiger partial charge >= 0.3 is 11.9 Å². The molecule has 0 radical (unpaired) electrons. The van der Waals surface area contributed by atoms with E-state index < -0.39 is 24.0 Å². The molecule has 0 amide bonds. The topological polar surface area (TPSA) is 75.6 Å². The number of carboxylic acids is 1. The minimum atomic E-state index is -1.03. The van der Waals surface area contributed by atoms with Crippen LogP contribution in [0.3, 0.4) is 0 Å². The van der Waals surface area contributed by atoms with Crippen LogP contribution in [0.2, 0.25) is 5.02 Å². The molecular formula is C25H24ClNO4. The van der Waals surface area contributed by atoms with E-state index in [1.54, 1.807) is 0 Å². The van der Waals surface area contributed by atoms with Gasteiger partial charge in [0.2, 0.25) is 0 Å². The molecule has 2 atom stereocenters. The maximum atomic E-state index is 12.7. The third kappa shape index (κ3) is 6.67. The summed E-state index contributed by atoms with van der Waals surface area (Å²) in [6.45, 7) is 1.63. The van der Waals surface area contributed by atoms with Crippen molar-refractivity contribution in [2.75, 3.05) is 0 Å². The molecule has 160 valence electrons. The van der Waals surface area contributed by atoms with Crippen LogP contribution in [-0.4, -0.2) is 29.1 Å². The van der Waals surface area contributed by atoms with Crippen LogP contribution in [0.4, 0.5) is 0 Å². The number of ether oxygens (including phenoxy) is 1. The molecule has 31 heavy (non-hydrogen) atoms. The Kier molecular flexibility index (Phi) is 7.82. The number of carboxylic acid groups (broad SMARTS) is 1. The van der Waals surface area contributed by atoms with E-state index in [-0.39, 0.29) is 6.61 Å². The summed E-state index contributed by atoms with van der Waals surface area (Å²) in [6, 6.07) is 23.0. The zero-order valence-electron chi connectivity index (χ0n) is 17.1. The van der Waals surface area contributed by atoms with Crippen LogP contribution in [0.15, 0.2) is 78.9 Å². The average Bonchev–Trinajstić information content (AvgIpc) is 2.78. The summed E-state index contributed by atoms with van der Waals surface area (Å²) in [5, 5.41) is 12.8. The molecule has 6 heteroatoms. The smallest absolute Gasteiger partial charge is 0.323 e. The second kappa shape index (κ2) is 10.8. The summed E-state index contributed by atoms with van der Waals surface area (Å²) >= 11 is 6.07. The van der Waals surface area contributed by atoms with E-state index in [9.17, 15) is 14.7 Å². The Hall–Kier alpha value is -3.15. The van der Waals surface area contributed by atoms with Gasteiger partial charge in [0.05, 0.1) is 0 Å². The Labute approximate surface area is 186 Å². The fourth-order valence-electron chi connectivity index (χ4n) is 3.15. The van der Waals surface area contributed by atoms with Crippen LogP contribution >= 0.6 is 11.6 Å². The first kappa shape index (κ1) is 22.5. The normalized spacial score (nSPS) is 12.7. The van der Waals surface area contributed by atoms with Gasteiger partial charge in [0, 0.05) is 5.02 Å². The van der Waals surface area contributed by atoms with Gasteiger partial charge < -0.3 is 9.84 Å². The zero-order valence-corrected chi connectivity index (χ0v) is 17.9. The molecule has 0 heterocycles. The molecule has 3 rings (SSSR count). The highest BCUT2D eigenvalue weighted by Crippen LogP contribution is 2.23. The number of carbonyl (C=O) groups is 2. The molecular weight excluding hydrogens is 414 g/mol. The van der Waals surface area contributed by atoms with Crippen LogP contribution in [0.1, 0.15) is 18.1 Å². The van der Waals surface area contributed by atoms with E-state index in [4.69, 9.17) is 16.3 Å². The van der Waals surface area contributed by atoms with Gasteiger partial charge in [0.1, 0.15) is 18.7 Å². The summed E-state index contributed by atoms with van der Waals surface area (Å²) in [5.74, 6) is -1.52. The monoisotopic (exact) mass is 437 g/mol. The van der Waals surface area contributed by atoms with Gasteiger partial charge in [-0.05, 0) is 47.7 Å². The molecule has 0 fully saturated rings. The van der Waals surface area contributed by atoms with Crippen molar-refractivity contribution in [2.24, 2.45) is 0 Å². The lowest BCUT2D eigenvalue weighted by Crippen LogP contribution is -2.47. The molecule has 0 aromatic heterocycles. The fraction of sp³-hybridized carbons (Fsp3) is 0.200. The Morgan fingerprint density at radius 2 is 1.65 bits per heavy atom. The zero-order chi connectivity index (χ0) is 22.2. The van der Waals surface area contributed by atoms with Crippen LogP contribution in [0, 0.1) is 0 Å². The molecule has 2 N–H and O–H groups in total. The summed E-state index contributed by atoms with van der Waals surface area (Å²) in [6.07, 6.45) is 0.307. The predicted octanol–water partition coefficient (Wildman–Crippen LogP) is 4.72. The molecule has 0 saturated carbocycles. The third-order valence-electron chi connectivity index (χ3n) is 4.88. The van der Waals surface area contributed by atoms with Gasteiger partial charge in [0.15, 0.2) is 0 Å². The molecule has 5 nitrogen and oxygen atoms in total. The van der Waals surface area contributed by atoms with Gasteiger partial charge in [-0.1, -0.05) is 78.3 Å². The van der Waals surface area contributed by atoms with Crippen molar-refractivity contribution in [2.45, 2.75) is 32.0 Å². The number of nitrogens with one attached hydrogen (secondary N) is 1. The van der Waals surface area contributed by atoms with Crippen molar-refractivity contribution in [3.63, 3.8) is 0 Å². The van der Waals surface area contributed by atoms with Crippen LogP contribution < -0.4 is 5.32 Å². The fourth-order valence-corrected chi connectivity index (χ4v) is 3.34. The first-order valence-corrected chi connectivity index (χ1v) is 10.3. The molecule has 3 aromatic carbocycles. The minimum absolute atomic E-state index is 0.132. The highest BCUT2D eigenvalue weighted by molar-refractivity contribution is 6.30. The van der Waals surface area contributed by atoms with E-state index in [0.29, 0.717) is 11.4 Å². The quantitative estimate of drug-likeness (QED) is 0.473. The van der Waals surface area contributed by atoms with E-state index in [1.807, 2.05) is 78.9 Å². The first-order chi connectivity index (χ1) is 14.9. The van der Waals surface area contributed by atoms with Crippen molar-refractivity contribution in [3.8, 4) is 11.1 Å². The summed E-state index contributed by atoms with van der Waals surface area (Å²) < 4.78 is 5.44. The Bertz CT molecular complexity index is 1020. The SMILES string of the molecule is C[C@H](N[C@@H](Cc1ccc(-c2cccc(Cl)c2)cc1)C(=O)OCc1ccccc1)C(=O)O. The highest BCUT2D eigenvalue weighted by atomic mass is 35.5. The largest absolute Gasteiger partial charge is 0.480 e. The minimum Gasteiger partial charge on any atom is -0.480 e. The lowest BCUT2D eigenvalue weighted by molar-refractivity contribution is -0.148. The maximum absolute atomic E-state index is 12.7. The van der Waals surface area contributed by atoms with Gasteiger partial charge in [-0.25, -0.2) is 0 Å². The number of aliphatic carboxylic acids is 1. The summed E-state index contributed by atoms with van der Waals surface area (Å²) in [4.78, 5) is 24.0. The van der Waals surface area contributed by atoms with Gasteiger partial charge in [-0.15, -0.1) is 0 Å². The van der Waals surface area contributed by atoms with E-state index in [0.717, 1.165) is 22.3 Å². The Morgan fingerprint density at radius 3 is 2.29 bits per heavy atom. The Morgan fingerprint density at radius 1 is 0.935 bits per heavy atom. The lowest BCUT2D eigenvalue weighted by atomic mass is 10.0. The molecule has 0 unspecified atom stereocenters. The van der Waals surface area contributed by atoms with Gasteiger partial charge in [0.25, 0.3) is 0 Å². The second-order valence-electron chi connectivity index (χ2n) is 7.28. The second-order valence-corrected chi connectivity index (χ2v) is 7.72. The molecule has 0 bridgehead atoms. The molecule has 0 aliphatic carbocycles. The van der Waals surface area contributed by atoms with E-state index in [2.05, 4.69) is 5.32 Å². The molecule has 3 aromatic rings. The van der Waals surface area contributed by atoms with Crippen LogP contribution in [0.5, 0.6) is 0 Å². The number of hydrogen-bond donors (Lipinski definition) is 2. The van der Waals surface area contributed by atoms with Crippen molar-refractivity contribution in [3.05, 3.63) is 95.0 Å². The average molecular weight is 438 g/mol. The lowest BCUT2D eigenvalue weighted by Gasteiger charge is -2.20. The van der Waals surface area contributed by atoms with Crippen molar-refractivity contribution in [1.29, 1.82) is 0 Å². The van der Waals surface area contributed by atoms with Crippen molar-refractivity contribution < 1.29 is 19.4 Å². The van der Waals surface area contributed by atoms with Gasteiger partial charge in [-0.2, -0.15) is 0 Å². The van der Waals surface area contributed by atoms with E-state index in [1.165, 1.54) is 6.92 Å². The number of rotatable bonds is 9. The maximum Gasteiger partial charge on any atom is 0.323 e. The highest BCUT2D eigenvalue weighted by Gasteiger charge is 2.25.